The van der Waals surface area contributed by atoms with E-state index < -0.39 is 13.9 Å². The van der Waals surface area contributed by atoms with Gasteiger partial charge in [-0.05, 0) is 48.2 Å². The number of alkyl halides is 1. The van der Waals surface area contributed by atoms with Gasteiger partial charge in [-0.2, -0.15) is 0 Å². The number of carbonyl (C=O) groups excluding carboxylic acids is 1. The van der Waals surface area contributed by atoms with Gasteiger partial charge in [0.05, 0.1) is 18.6 Å². The third-order valence-electron chi connectivity index (χ3n) is 7.08. The van der Waals surface area contributed by atoms with Crippen molar-refractivity contribution in [3.05, 3.63) is 11.6 Å². The molecular formula is C21H37BrO3Si. The highest BCUT2D eigenvalue weighted by Gasteiger charge is 2.60. The van der Waals surface area contributed by atoms with Gasteiger partial charge in [0.15, 0.2) is 0 Å². The first kappa shape index (κ1) is 22.2. The van der Waals surface area contributed by atoms with E-state index in [0.29, 0.717) is 22.5 Å². The van der Waals surface area contributed by atoms with E-state index in [9.17, 15) is 4.79 Å². The van der Waals surface area contributed by atoms with Gasteiger partial charge in [0, 0.05) is 5.33 Å². The van der Waals surface area contributed by atoms with Crippen molar-refractivity contribution in [1.82, 2.24) is 0 Å². The Bertz CT molecular complexity index is 536. The maximum atomic E-state index is 12.9. The molecule has 0 heterocycles. The monoisotopic (exact) mass is 444 g/mol. The van der Waals surface area contributed by atoms with Crippen LogP contribution in [0.15, 0.2) is 11.6 Å². The first-order valence-corrected chi connectivity index (χ1v) is 13.4. The Morgan fingerprint density at radius 3 is 2.15 bits per heavy atom. The number of allylic oxidation sites excluding steroid dienone is 1. The fourth-order valence-electron chi connectivity index (χ4n) is 6.09. The number of hydrogen-bond acceptors (Lipinski definition) is 3. The molecule has 1 fully saturated rings. The average Bonchev–Trinajstić information content (AvgIpc) is 2.57. The molecule has 0 radical (unpaired) electrons. The van der Waals surface area contributed by atoms with Crippen molar-refractivity contribution in [3.8, 4) is 0 Å². The molecule has 0 aromatic carbocycles. The van der Waals surface area contributed by atoms with Gasteiger partial charge in [-0.1, -0.05) is 69.1 Å². The molecule has 1 saturated carbocycles. The second-order valence-electron chi connectivity index (χ2n) is 9.23. The van der Waals surface area contributed by atoms with E-state index in [4.69, 9.17) is 9.16 Å². The van der Waals surface area contributed by atoms with Crippen LogP contribution in [0.2, 0.25) is 16.6 Å². The van der Waals surface area contributed by atoms with E-state index in [1.54, 1.807) is 0 Å². The zero-order valence-corrected chi connectivity index (χ0v) is 20.4. The van der Waals surface area contributed by atoms with Gasteiger partial charge in [-0.25, -0.2) is 0 Å². The molecule has 26 heavy (non-hydrogen) atoms. The van der Waals surface area contributed by atoms with Crippen LogP contribution >= 0.6 is 15.9 Å². The highest BCUT2D eigenvalue weighted by Crippen LogP contribution is 2.57. The molecule has 2 bridgehead atoms. The maximum Gasteiger partial charge on any atom is 0.312 e. The van der Waals surface area contributed by atoms with Crippen LogP contribution in [0.3, 0.4) is 0 Å². The van der Waals surface area contributed by atoms with E-state index in [1.807, 2.05) is 0 Å². The highest BCUT2D eigenvalue weighted by molar-refractivity contribution is 9.09. The van der Waals surface area contributed by atoms with Gasteiger partial charge in [0.2, 0.25) is 8.32 Å². The van der Waals surface area contributed by atoms with Crippen LogP contribution < -0.4 is 0 Å². The molecule has 3 aliphatic carbocycles. The zero-order valence-electron chi connectivity index (χ0n) is 17.8. The second kappa shape index (κ2) is 8.08. The number of methoxy groups -OCH3 is 1. The SMILES string of the molecule is COC(=O)[C@H]1[C@H](CBr)[C@H]2CC[C@]1(O[Si](C(C)C)(C(C)C)C(C)C)C=C2C. The molecule has 0 aliphatic heterocycles. The maximum absolute atomic E-state index is 12.9. The Hall–Kier alpha value is -0.133. The van der Waals surface area contributed by atoms with Crippen LogP contribution in [0.4, 0.5) is 0 Å². The molecule has 3 aliphatic rings. The fraction of sp³-hybridized carbons (Fsp3) is 0.857. The number of halogens is 1. The minimum atomic E-state index is -2.12. The molecule has 0 unspecified atom stereocenters. The van der Waals surface area contributed by atoms with Crippen molar-refractivity contribution in [2.24, 2.45) is 17.8 Å². The minimum Gasteiger partial charge on any atom is -0.469 e. The van der Waals surface area contributed by atoms with Crippen LogP contribution in [-0.2, 0) is 14.0 Å². The van der Waals surface area contributed by atoms with Crippen molar-refractivity contribution in [3.63, 3.8) is 0 Å². The molecule has 0 spiro atoms. The lowest BCUT2D eigenvalue weighted by Gasteiger charge is -2.58. The second-order valence-corrected chi connectivity index (χ2v) is 15.2. The molecule has 5 heteroatoms. The van der Waals surface area contributed by atoms with Crippen molar-refractivity contribution in [2.45, 2.75) is 83.5 Å². The summed E-state index contributed by atoms with van der Waals surface area (Å²) < 4.78 is 12.6. The molecule has 0 aromatic heterocycles. The highest BCUT2D eigenvalue weighted by atomic mass is 79.9. The molecule has 0 aromatic rings. The van der Waals surface area contributed by atoms with Gasteiger partial charge in [-0.3, -0.25) is 4.79 Å². The largest absolute Gasteiger partial charge is 0.469 e. The number of rotatable bonds is 7. The van der Waals surface area contributed by atoms with Crippen LogP contribution in [0, 0.1) is 17.8 Å². The van der Waals surface area contributed by atoms with Crippen LogP contribution in [0.5, 0.6) is 0 Å². The number of fused-ring (bicyclic) bond motifs is 2. The number of carbonyl (C=O) groups is 1. The lowest BCUT2D eigenvalue weighted by Crippen LogP contribution is -2.63. The van der Waals surface area contributed by atoms with Gasteiger partial charge in [0.25, 0.3) is 0 Å². The lowest BCUT2D eigenvalue weighted by atomic mass is 9.58. The Labute approximate surface area is 169 Å². The van der Waals surface area contributed by atoms with Crippen LogP contribution in [0.25, 0.3) is 0 Å². The van der Waals surface area contributed by atoms with E-state index in [1.165, 1.54) is 12.7 Å². The quantitative estimate of drug-likeness (QED) is 0.206. The molecule has 150 valence electrons. The normalized spacial score (nSPS) is 31.7. The Morgan fingerprint density at radius 2 is 1.77 bits per heavy atom. The Kier molecular flexibility index (Phi) is 6.89. The summed E-state index contributed by atoms with van der Waals surface area (Å²) in [6.45, 7) is 16.1. The van der Waals surface area contributed by atoms with Gasteiger partial charge in [0.1, 0.15) is 0 Å². The summed E-state index contributed by atoms with van der Waals surface area (Å²) in [7, 11) is -0.612. The summed E-state index contributed by atoms with van der Waals surface area (Å²) in [6.07, 6.45) is 4.33. The molecule has 4 atom stereocenters. The van der Waals surface area contributed by atoms with Gasteiger partial charge >= 0.3 is 5.97 Å². The lowest BCUT2D eigenvalue weighted by molar-refractivity contribution is -0.161. The number of ether oxygens (including phenoxy) is 1. The summed E-state index contributed by atoms with van der Waals surface area (Å²) in [4.78, 5) is 12.9. The first-order valence-electron chi connectivity index (χ1n) is 10.1. The van der Waals surface area contributed by atoms with E-state index >= 15 is 0 Å². The molecule has 3 rings (SSSR count). The summed E-state index contributed by atoms with van der Waals surface area (Å²) in [5.74, 6) is 0.385. The van der Waals surface area contributed by atoms with Crippen molar-refractivity contribution >= 4 is 30.2 Å². The molecule has 0 N–H and O–H groups in total. The topological polar surface area (TPSA) is 35.5 Å². The third-order valence-corrected chi connectivity index (χ3v) is 14.0. The average molecular weight is 446 g/mol. The summed E-state index contributed by atoms with van der Waals surface area (Å²) in [6, 6.07) is 0. The predicted octanol–water partition coefficient (Wildman–Crippen LogP) is 6.09. The molecule has 0 amide bonds. The van der Waals surface area contributed by atoms with Crippen molar-refractivity contribution < 1.29 is 14.0 Å². The molecular weight excluding hydrogens is 408 g/mol. The summed E-state index contributed by atoms with van der Waals surface area (Å²) in [5.41, 5.74) is 2.36. The Balaban J connectivity index is 2.61. The van der Waals surface area contributed by atoms with Gasteiger partial charge in [-0.15, -0.1) is 0 Å². The summed E-state index contributed by atoms with van der Waals surface area (Å²) >= 11 is 3.69. The fourth-order valence-corrected chi connectivity index (χ4v) is 12.6. The molecule has 0 saturated heterocycles. The third kappa shape index (κ3) is 3.37. The predicted molar refractivity (Wildman–Crippen MR) is 114 cm³/mol. The Morgan fingerprint density at radius 1 is 1.23 bits per heavy atom. The van der Waals surface area contributed by atoms with Crippen molar-refractivity contribution in [2.75, 3.05) is 12.4 Å². The smallest absolute Gasteiger partial charge is 0.312 e. The van der Waals surface area contributed by atoms with E-state index in [2.05, 4.69) is 70.5 Å². The van der Waals surface area contributed by atoms with E-state index in [-0.39, 0.29) is 17.8 Å². The summed E-state index contributed by atoms with van der Waals surface area (Å²) in [5, 5.41) is 0.813. The van der Waals surface area contributed by atoms with Gasteiger partial charge < -0.3 is 9.16 Å². The van der Waals surface area contributed by atoms with E-state index in [0.717, 1.165) is 18.2 Å². The van der Waals surface area contributed by atoms with Crippen molar-refractivity contribution in [1.29, 1.82) is 0 Å². The molecule has 3 nitrogen and oxygen atoms in total. The standard InChI is InChI=1S/C21H37BrO3Si/c1-13(2)26(14(3)4,15(5)6)25-21-10-9-17(16(7)11-21)18(12-22)19(21)20(23)24-8/h11,13-15,17-19H,9-10,12H2,1-8H3/t17-,18+,19+,21-/m0/s1. The first-order chi connectivity index (χ1) is 12.1. The number of esters is 1. The van der Waals surface area contributed by atoms with Crippen LogP contribution in [-0.4, -0.2) is 32.3 Å². The number of hydrogen-bond donors (Lipinski definition) is 0. The van der Waals surface area contributed by atoms with Crippen LogP contribution in [0.1, 0.15) is 61.3 Å². The zero-order chi connectivity index (χ0) is 19.9. The minimum absolute atomic E-state index is 0.109.